The number of nitrogens with zero attached hydrogens (tertiary/aromatic N) is 6. The van der Waals surface area contributed by atoms with E-state index in [4.69, 9.17) is 0 Å². The van der Waals surface area contributed by atoms with Crippen molar-refractivity contribution >= 4 is 53.9 Å². The molecule has 0 aromatic heterocycles. The standard InChI is InChI=1S/C32H20.2C24H16.6C4H11N.9C2H6/c1-3-7-21-15-29-25(9-19(21)5-1)13-27-11-23-18-32-28(12-24(23)17-31(27)29)14-26-10-20-6-2-4-8-22(20)16-30(26)32;1-3-7-21-15(5-1)9-19-11-17-14-24-20(12-18(17)13-23(19)21)10-16-6-2-4-8-22(16)24;1-3-7-21-15(5-1)9-19-11-17-12-20-10-16-6-2-4-8-22(16)24(20)14-18(17)13-23(19)21;6*1-4-5(2)3;9*1-2/h1-12,15-18H,13-14H2;2*1-8,11-14H,9-10H2;6*4H2,1-3H3;9*1-2H3. The average molecular weight is 1720 g/mol. The summed E-state index contributed by atoms with van der Waals surface area (Å²) < 4.78 is 0. The van der Waals surface area contributed by atoms with Crippen molar-refractivity contribution in [3.05, 3.63) is 309 Å². The minimum absolute atomic E-state index is 1.03. The van der Waals surface area contributed by atoms with Crippen molar-refractivity contribution in [2.75, 3.05) is 124 Å². The van der Waals surface area contributed by atoms with E-state index in [0.717, 1.165) is 77.8 Å². The second kappa shape index (κ2) is 60.1. The maximum atomic E-state index is 2.44. The third-order valence-electron chi connectivity index (χ3n) is 22.7. The third-order valence-corrected chi connectivity index (χ3v) is 22.7. The van der Waals surface area contributed by atoms with E-state index in [1.807, 2.05) is 125 Å². The molecule has 0 radical (unpaired) electrons. The maximum Gasteiger partial charge on any atom is -0.00130 e. The molecule has 0 heterocycles. The summed E-state index contributed by atoms with van der Waals surface area (Å²) in [6.45, 7) is 55.6. The lowest BCUT2D eigenvalue weighted by Crippen LogP contribution is -2.08. The van der Waals surface area contributed by atoms with Gasteiger partial charge in [0, 0.05) is 0 Å². The summed E-state index contributed by atoms with van der Waals surface area (Å²) in [5.41, 5.74) is 34.5. The Bertz CT molecular complexity index is 5180. The lowest BCUT2D eigenvalue weighted by Gasteiger charge is -2.09. The molecule has 0 spiro atoms. The lowest BCUT2D eigenvalue weighted by molar-refractivity contribution is 0.434. The zero-order valence-corrected chi connectivity index (χ0v) is 87.3. The van der Waals surface area contributed by atoms with E-state index in [-0.39, 0.29) is 0 Å². The zero-order valence-electron chi connectivity index (χ0n) is 87.3. The first-order chi connectivity index (χ1) is 62.1. The van der Waals surface area contributed by atoms with Crippen LogP contribution in [0.2, 0.25) is 0 Å². The van der Waals surface area contributed by atoms with Gasteiger partial charge in [-0.3, -0.25) is 0 Å². The minimum atomic E-state index is 1.03. The highest BCUT2D eigenvalue weighted by Gasteiger charge is 2.27. The Labute approximate surface area is 782 Å². The van der Waals surface area contributed by atoms with Gasteiger partial charge in [0.15, 0.2) is 0 Å². The SMILES string of the molecule is CC.CC.CC.CC.CC.CC.CC.CC.CC.CCN(C)C.CCN(C)C.CCN(C)C.CCN(C)C.CCN(C)C.CCN(C)C.c1ccc2c(c1)Cc1cc3cc4c(cc3cc1-2)-c1ccccc1C4.c1ccc2c(c1)Cc1cc3cc4c(cc3cc1-2)Cc1ccccc1-4.c1ccc2cc3c(cc2c1)Cc1cc2cc4c(cc2cc1-3)Cc1cc2ccccc2cc1-4. The van der Waals surface area contributed by atoms with Crippen LogP contribution in [0.25, 0.3) is 121 Å². The second-order valence-corrected chi connectivity index (χ2v) is 31.9. The van der Waals surface area contributed by atoms with Gasteiger partial charge in [-0.15, -0.1) is 0 Å². The average Bonchev–Trinajstić information content (AvgIpc) is 1.60. The van der Waals surface area contributed by atoms with Crippen LogP contribution in [0.3, 0.4) is 0 Å². The maximum absolute atomic E-state index is 2.44. The molecule has 6 aliphatic rings. The Hall–Kier alpha value is -9.86. The molecule has 6 nitrogen and oxygen atoms in total. The van der Waals surface area contributed by atoms with Crippen molar-refractivity contribution in [1.82, 2.24) is 29.4 Å². The van der Waals surface area contributed by atoms with Gasteiger partial charge in [0.05, 0.1) is 0 Å². The van der Waals surface area contributed by atoms with E-state index < -0.39 is 0 Å². The summed E-state index contributed by atoms with van der Waals surface area (Å²) in [5.74, 6) is 0. The molecule has 0 N–H and O–H groups in total. The molecule has 0 saturated heterocycles. The number of hydrogen-bond donors (Lipinski definition) is 0. The molecule has 0 bridgehead atoms. The fraction of sp³-hybridized carbons (Fsp3) is 0.393. The van der Waals surface area contributed by atoms with Crippen molar-refractivity contribution in [2.24, 2.45) is 0 Å². The van der Waals surface area contributed by atoms with E-state index >= 15 is 0 Å². The predicted molar refractivity (Wildman–Crippen MR) is 584 cm³/mol. The highest BCUT2D eigenvalue weighted by Crippen LogP contribution is 2.48. The van der Waals surface area contributed by atoms with E-state index in [2.05, 4.69) is 398 Å². The van der Waals surface area contributed by atoms with E-state index in [0.29, 0.717) is 0 Å². The summed E-state index contributed by atoms with van der Waals surface area (Å²) in [6.07, 6.45) is 6.33. The van der Waals surface area contributed by atoms with Crippen LogP contribution in [0, 0.1) is 0 Å². The number of rotatable bonds is 6. The molecule has 20 rings (SSSR count). The van der Waals surface area contributed by atoms with Gasteiger partial charge in [-0.05, 0) is 398 Å². The van der Waals surface area contributed by atoms with Crippen molar-refractivity contribution in [2.45, 2.75) is 205 Å². The summed E-state index contributed by atoms with van der Waals surface area (Å²) in [6, 6.07) is 91.2. The molecular weight excluding hydrogens is 1550 g/mol. The van der Waals surface area contributed by atoms with Crippen LogP contribution >= 0.6 is 0 Å². The quantitative estimate of drug-likeness (QED) is 0.164. The Kier molecular flexibility index (Phi) is 52.7. The Morgan fingerprint density at radius 2 is 0.250 bits per heavy atom. The van der Waals surface area contributed by atoms with Crippen LogP contribution in [-0.2, 0) is 38.5 Å². The molecule has 14 aromatic rings. The molecule has 6 aliphatic carbocycles. The van der Waals surface area contributed by atoms with Crippen molar-refractivity contribution in [3.8, 4) is 66.8 Å². The molecule has 0 unspecified atom stereocenters. The van der Waals surface area contributed by atoms with Crippen LogP contribution in [0.5, 0.6) is 0 Å². The summed E-state index contributed by atoms with van der Waals surface area (Å²) >= 11 is 0. The zero-order chi connectivity index (χ0) is 95.9. The molecule has 0 saturated carbocycles. The summed E-state index contributed by atoms with van der Waals surface area (Å²) in [7, 11) is 24.7. The Morgan fingerprint density at radius 1 is 0.141 bits per heavy atom. The van der Waals surface area contributed by atoms with E-state index in [9.17, 15) is 0 Å². The van der Waals surface area contributed by atoms with Crippen LogP contribution in [0.15, 0.2) is 243 Å². The van der Waals surface area contributed by atoms with Gasteiger partial charge in [-0.1, -0.05) is 360 Å². The van der Waals surface area contributed by atoms with Gasteiger partial charge in [-0.25, -0.2) is 0 Å². The fourth-order valence-corrected chi connectivity index (χ4v) is 15.1. The molecule has 0 amide bonds. The van der Waals surface area contributed by atoms with Gasteiger partial charge in [0.2, 0.25) is 0 Å². The first kappa shape index (κ1) is 112. The second-order valence-electron chi connectivity index (χ2n) is 31.9. The monoisotopic (exact) mass is 1720 g/mol. The molecule has 0 aliphatic heterocycles. The number of benzene rings is 14. The predicted octanol–water partition coefficient (Wildman–Crippen LogP) is 32.9. The highest BCUT2D eigenvalue weighted by molar-refractivity contribution is 6.02. The van der Waals surface area contributed by atoms with E-state index in [1.54, 1.807) is 0 Å². The van der Waals surface area contributed by atoms with Crippen molar-refractivity contribution < 1.29 is 0 Å². The topological polar surface area (TPSA) is 19.4 Å². The molecule has 690 valence electrons. The van der Waals surface area contributed by atoms with Gasteiger partial charge < -0.3 is 29.4 Å². The van der Waals surface area contributed by atoms with Crippen molar-refractivity contribution in [1.29, 1.82) is 0 Å². The van der Waals surface area contributed by atoms with Gasteiger partial charge >= 0.3 is 0 Å². The van der Waals surface area contributed by atoms with Crippen LogP contribution in [-0.4, -0.2) is 153 Å². The smallest absolute Gasteiger partial charge is 0.00130 e. The van der Waals surface area contributed by atoms with Crippen LogP contribution < -0.4 is 0 Å². The third kappa shape index (κ3) is 30.6. The molecule has 0 atom stereocenters. The van der Waals surface area contributed by atoms with Crippen LogP contribution in [0.1, 0.15) is 233 Å². The normalized spacial score (nSPS) is 11.1. The lowest BCUT2D eigenvalue weighted by atomic mass is 9.95. The van der Waals surface area contributed by atoms with Gasteiger partial charge in [0.25, 0.3) is 0 Å². The first-order valence-electron chi connectivity index (χ1n) is 49.2. The fourth-order valence-electron chi connectivity index (χ4n) is 15.1. The Morgan fingerprint density at radius 3 is 0.422 bits per heavy atom. The largest absolute Gasteiger partial charge is 0.310 e. The van der Waals surface area contributed by atoms with E-state index in [1.165, 1.54) is 187 Å². The summed E-state index contributed by atoms with van der Waals surface area (Å²) in [4.78, 5) is 12.8. The summed E-state index contributed by atoms with van der Waals surface area (Å²) in [5, 5.41) is 13.5. The molecule has 6 heteroatoms. The molecular formula is C122H172N6. The molecule has 0 fully saturated rings. The number of hydrogen-bond acceptors (Lipinski definition) is 6. The molecule has 128 heavy (non-hydrogen) atoms. The van der Waals surface area contributed by atoms with Gasteiger partial charge in [-0.2, -0.15) is 0 Å². The Balaban J connectivity index is 0.000000400. The van der Waals surface area contributed by atoms with Crippen LogP contribution in [0.4, 0.5) is 0 Å². The molecule has 14 aromatic carbocycles. The number of fused-ring (bicyclic) bond motifs is 23. The van der Waals surface area contributed by atoms with Gasteiger partial charge in [0.1, 0.15) is 0 Å². The van der Waals surface area contributed by atoms with Crippen molar-refractivity contribution in [3.63, 3.8) is 0 Å². The highest BCUT2D eigenvalue weighted by atomic mass is 15.1. The first-order valence-corrected chi connectivity index (χ1v) is 49.2. The minimum Gasteiger partial charge on any atom is -0.310 e.